The van der Waals surface area contributed by atoms with Gasteiger partial charge in [0.15, 0.2) is 0 Å². The van der Waals surface area contributed by atoms with Crippen molar-refractivity contribution in [2.45, 2.75) is 25.6 Å². The first-order chi connectivity index (χ1) is 9.85. The third kappa shape index (κ3) is 4.52. The Balaban J connectivity index is 2.03. The average molecular weight is 315 g/mol. The number of nitrogens with one attached hydrogen (secondary N) is 1. The predicted octanol–water partition coefficient (Wildman–Crippen LogP) is 3.33. The number of alkyl halides is 3. The number of amides is 1. The Morgan fingerprint density at radius 1 is 1.38 bits per heavy atom. The zero-order chi connectivity index (χ0) is 15.5. The summed E-state index contributed by atoms with van der Waals surface area (Å²) in [5, 5.41) is 4.64. The summed E-state index contributed by atoms with van der Waals surface area (Å²) < 4.78 is 36.3. The van der Waals surface area contributed by atoms with Gasteiger partial charge < -0.3 is 5.32 Å². The van der Waals surface area contributed by atoms with Gasteiger partial charge in [-0.2, -0.15) is 13.2 Å². The van der Waals surface area contributed by atoms with E-state index in [0.717, 1.165) is 5.56 Å². The lowest BCUT2D eigenvalue weighted by Crippen LogP contribution is -2.30. The molecule has 21 heavy (non-hydrogen) atoms. The van der Waals surface area contributed by atoms with Crippen molar-refractivity contribution in [3.63, 3.8) is 0 Å². The molecule has 0 fully saturated rings. The van der Waals surface area contributed by atoms with Crippen molar-refractivity contribution in [2.24, 2.45) is 0 Å². The maximum Gasteiger partial charge on any atom is 0.397 e. The van der Waals surface area contributed by atoms with Crippen LogP contribution in [0.5, 0.6) is 0 Å². The van der Waals surface area contributed by atoms with Crippen LogP contribution in [0.3, 0.4) is 0 Å². The predicted molar refractivity (Wildman–Crippen MR) is 72.6 cm³/mol. The number of nitrogens with zero attached hydrogens (tertiary/aromatic N) is 2. The standard InChI is InChI=1S/C13H12F3N3OS/c1-8(18-11(20)6-13(14,15)16)12-19-10(7-21-12)9-2-4-17-5-3-9/h2-5,7-8H,6H2,1H3,(H,18,20)/t8-/m1/s1. The molecule has 2 rings (SSSR count). The van der Waals surface area contributed by atoms with E-state index in [9.17, 15) is 18.0 Å². The second-order valence-corrected chi connectivity index (χ2v) is 5.28. The Bertz CT molecular complexity index is 613. The first-order valence-corrected chi connectivity index (χ1v) is 6.95. The van der Waals surface area contributed by atoms with E-state index in [4.69, 9.17) is 0 Å². The quantitative estimate of drug-likeness (QED) is 0.941. The molecule has 2 heterocycles. The van der Waals surface area contributed by atoms with Gasteiger partial charge in [-0.05, 0) is 19.1 Å². The Kier molecular flexibility index (Phi) is 4.56. The zero-order valence-electron chi connectivity index (χ0n) is 11.0. The third-order valence-corrected chi connectivity index (χ3v) is 3.63. The van der Waals surface area contributed by atoms with Crippen LogP contribution in [0.2, 0.25) is 0 Å². The van der Waals surface area contributed by atoms with Crippen LogP contribution in [0.25, 0.3) is 11.3 Å². The fourth-order valence-electron chi connectivity index (χ4n) is 1.68. The number of pyridine rings is 1. The van der Waals surface area contributed by atoms with Crippen LogP contribution in [0, 0.1) is 0 Å². The zero-order valence-corrected chi connectivity index (χ0v) is 11.8. The molecule has 2 aromatic rings. The number of halogens is 3. The Labute approximate surface area is 123 Å². The lowest BCUT2D eigenvalue weighted by Gasteiger charge is -2.12. The number of aromatic nitrogens is 2. The van der Waals surface area contributed by atoms with Gasteiger partial charge in [0.25, 0.3) is 0 Å². The number of hydrogen-bond donors (Lipinski definition) is 1. The fourth-order valence-corrected chi connectivity index (χ4v) is 2.51. The van der Waals surface area contributed by atoms with Gasteiger partial charge in [-0.3, -0.25) is 9.78 Å². The SMILES string of the molecule is C[C@@H](NC(=O)CC(F)(F)F)c1nc(-c2ccncc2)cs1. The Hall–Kier alpha value is -1.96. The van der Waals surface area contributed by atoms with Crippen LogP contribution in [-0.2, 0) is 4.79 Å². The average Bonchev–Trinajstić information content (AvgIpc) is 2.87. The Morgan fingerprint density at radius 2 is 2.05 bits per heavy atom. The fraction of sp³-hybridized carbons (Fsp3) is 0.308. The van der Waals surface area contributed by atoms with Crippen molar-refractivity contribution in [3.8, 4) is 11.3 Å². The van der Waals surface area contributed by atoms with Crippen LogP contribution in [-0.4, -0.2) is 22.1 Å². The molecule has 0 bridgehead atoms. The summed E-state index contributed by atoms with van der Waals surface area (Å²) in [6.45, 7) is 1.60. The summed E-state index contributed by atoms with van der Waals surface area (Å²) >= 11 is 1.28. The lowest BCUT2D eigenvalue weighted by molar-refractivity contribution is -0.154. The minimum atomic E-state index is -4.51. The molecule has 1 amide bonds. The van der Waals surface area contributed by atoms with Crippen molar-refractivity contribution in [1.29, 1.82) is 0 Å². The summed E-state index contributed by atoms with van der Waals surface area (Å²) in [5.74, 6) is -1.06. The largest absolute Gasteiger partial charge is 0.397 e. The monoisotopic (exact) mass is 315 g/mol. The van der Waals surface area contributed by atoms with Crippen LogP contribution in [0.4, 0.5) is 13.2 Å². The molecular formula is C13H12F3N3OS. The third-order valence-electron chi connectivity index (χ3n) is 2.61. The van der Waals surface area contributed by atoms with Gasteiger partial charge in [-0.25, -0.2) is 4.98 Å². The smallest absolute Gasteiger partial charge is 0.347 e. The highest BCUT2D eigenvalue weighted by atomic mass is 32.1. The summed E-state index contributed by atoms with van der Waals surface area (Å²) in [5.41, 5.74) is 1.57. The van der Waals surface area contributed by atoms with Crippen molar-refractivity contribution >= 4 is 17.2 Å². The molecule has 0 unspecified atom stereocenters. The molecule has 0 aliphatic heterocycles. The minimum absolute atomic E-state index is 0.553. The highest BCUT2D eigenvalue weighted by Gasteiger charge is 2.31. The number of rotatable bonds is 4. The highest BCUT2D eigenvalue weighted by molar-refractivity contribution is 7.10. The van der Waals surface area contributed by atoms with Crippen molar-refractivity contribution in [1.82, 2.24) is 15.3 Å². The van der Waals surface area contributed by atoms with E-state index in [1.54, 1.807) is 36.8 Å². The molecule has 0 saturated carbocycles. The lowest BCUT2D eigenvalue weighted by atomic mass is 10.2. The molecule has 1 N–H and O–H groups in total. The normalized spacial score (nSPS) is 13.0. The maximum absolute atomic E-state index is 12.1. The molecule has 0 aliphatic rings. The molecular weight excluding hydrogens is 303 g/mol. The Morgan fingerprint density at radius 3 is 2.67 bits per heavy atom. The van der Waals surface area contributed by atoms with E-state index in [2.05, 4.69) is 15.3 Å². The van der Waals surface area contributed by atoms with Crippen molar-refractivity contribution in [2.75, 3.05) is 0 Å². The van der Waals surface area contributed by atoms with Gasteiger partial charge >= 0.3 is 6.18 Å². The minimum Gasteiger partial charge on any atom is -0.347 e. The maximum atomic E-state index is 12.1. The van der Waals surface area contributed by atoms with Gasteiger partial charge in [0.2, 0.25) is 5.91 Å². The van der Waals surface area contributed by atoms with E-state index >= 15 is 0 Å². The number of hydrogen-bond acceptors (Lipinski definition) is 4. The van der Waals surface area contributed by atoms with Gasteiger partial charge in [0.05, 0.1) is 11.7 Å². The molecule has 1 atom stereocenters. The van der Waals surface area contributed by atoms with E-state index in [1.807, 2.05) is 0 Å². The van der Waals surface area contributed by atoms with E-state index in [0.29, 0.717) is 10.7 Å². The van der Waals surface area contributed by atoms with Crippen LogP contribution >= 0.6 is 11.3 Å². The first kappa shape index (κ1) is 15.4. The molecule has 112 valence electrons. The molecule has 0 radical (unpaired) electrons. The molecule has 2 aromatic heterocycles. The summed E-state index contributed by atoms with van der Waals surface area (Å²) in [6, 6.07) is 3.00. The second kappa shape index (κ2) is 6.21. The summed E-state index contributed by atoms with van der Waals surface area (Å²) in [4.78, 5) is 19.5. The first-order valence-electron chi connectivity index (χ1n) is 6.07. The molecule has 8 heteroatoms. The van der Waals surface area contributed by atoms with Crippen molar-refractivity contribution < 1.29 is 18.0 Å². The number of carbonyl (C=O) groups is 1. The van der Waals surface area contributed by atoms with Gasteiger partial charge in [0, 0.05) is 23.3 Å². The second-order valence-electron chi connectivity index (χ2n) is 4.39. The molecule has 4 nitrogen and oxygen atoms in total. The molecule has 0 saturated heterocycles. The van der Waals surface area contributed by atoms with E-state index in [-0.39, 0.29) is 0 Å². The molecule has 0 aliphatic carbocycles. The van der Waals surface area contributed by atoms with E-state index in [1.165, 1.54) is 11.3 Å². The van der Waals surface area contributed by atoms with Crippen LogP contribution < -0.4 is 5.32 Å². The molecule has 0 aromatic carbocycles. The van der Waals surface area contributed by atoms with Crippen molar-refractivity contribution in [3.05, 3.63) is 34.9 Å². The highest BCUT2D eigenvalue weighted by Crippen LogP contribution is 2.25. The topological polar surface area (TPSA) is 54.9 Å². The summed E-state index contributed by atoms with van der Waals surface area (Å²) in [6.07, 6.45) is -2.74. The van der Waals surface area contributed by atoms with Gasteiger partial charge in [0.1, 0.15) is 11.4 Å². The van der Waals surface area contributed by atoms with Gasteiger partial charge in [-0.1, -0.05) is 0 Å². The van der Waals surface area contributed by atoms with Crippen LogP contribution in [0.15, 0.2) is 29.9 Å². The van der Waals surface area contributed by atoms with E-state index < -0.39 is 24.5 Å². The summed E-state index contributed by atoms with van der Waals surface area (Å²) in [7, 11) is 0. The van der Waals surface area contributed by atoms with Crippen LogP contribution in [0.1, 0.15) is 24.4 Å². The number of thiazole rings is 1. The number of carbonyl (C=O) groups excluding carboxylic acids is 1. The van der Waals surface area contributed by atoms with Gasteiger partial charge in [-0.15, -0.1) is 11.3 Å². The molecule has 0 spiro atoms.